The number of pyridine rings is 1. The van der Waals surface area contributed by atoms with Crippen molar-refractivity contribution in [1.82, 2.24) is 10.3 Å². The first-order chi connectivity index (χ1) is 10.1. The molecule has 1 N–H and O–H groups in total. The number of hydrogen-bond acceptors (Lipinski definition) is 3. The van der Waals surface area contributed by atoms with Crippen molar-refractivity contribution >= 4 is 28.2 Å². The van der Waals surface area contributed by atoms with Crippen LogP contribution in [0.4, 0.5) is 5.69 Å². The maximum atomic E-state index is 6.09. The second-order valence-electron chi connectivity index (χ2n) is 6.03. The zero-order valence-corrected chi connectivity index (χ0v) is 13.4. The predicted molar refractivity (Wildman–Crippen MR) is 90.3 cm³/mol. The first kappa shape index (κ1) is 14.6. The summed E-state index contributed by atoms with van der Waals surface area (Å²) in [7, 11) is 0. The molecule has 0 amide bonds. The number of fused-ring (bicyclic) bond motifs is 1. The number of halogens is 1. The average Bonchev–Trinajstić information content (AvgIpc) is 2.96. The fourth-order valence-corrected chi connectivity index (χ4v) is 3.26. The zero-order chi connectivity index (χ0) is 14.8. The van der Waals surface area contributed by atoms with Gasteiger partial charge in [-0.3, -0.25) is 4.98 Å². The molecular formula is C17H22ClN3. The van der Waals surface area contributed by atoms with E-state index in [0.29, 0.717) is 12.1 Å². The van der Waals surface area contributed by atoms with Gasteiger partial charge in [0, 0.05) is 40.9 Å². The van der Waals surface area contributed by atoms with Crippen LogP contribution in [-0.4, -0.2) is 30.2 Å². The van der Waals surface area contributed by atoms with Crippen LogP contribution >= 0.6 is 11.6 Å². The molecule has 0 aliphatic carbocycles. The van der Waals surface area contributed by atoms with E-state index in [-0.39, 0.29) is 0 Å². The molecule has 3 rings (SSSR count). The summed E-state index contributed by atoms with van der Waals surface area (Å²) in [5.41, 5.74) is 2.21. The van der Waals surface area contributed by atoms with Gasteiger partial charge >= 0.3 is 0 Å². The number of nitrogens with one attached hydrogen (secondary N) is 1. The first-order valence-corrected chi connectivity index (χ1v) is 8.07. The fourth-order valence-electron chi connectivity index (χ4n) is 3.09. The highest BCUT2D eigenvalue weighted by Crippen LogP contribution is 2.29. The van der Waals surface area contributed by atoms with Gasteiger partial charge in [-0.25, -0.2) is 0 Å². The molecule has 2 heterocycles. The molecule has 2 aromatic rings. The van der Waals surface area contributed by atoms with Gasteiger partial charge in [0.05, 0.1) is 5.52 Å². The van der Waals surface area contributed by atoms with Crippen molar-refractivity contribution in [2.24, 2.45) is 0 Å². The molecule has 1 aromatic carbocycles. The Balaban J connectivity index is 1.98. The van der Waals surface area contributed by atoms with Crippen molar-refractivity contribution in [3.8, 4) is 0 Å². The van der Waals surface area contributed by atoms with Gasteiger partial charge in [-0.1, -0.05) is 11.6 Å². The van der Waals surface area contributed by atoms with E-state index in [9.17, 15) is 0 Å². The lowest BCUT2D eigenvalue weighted by atomic mass is 10.1. The van der Waals surface area contributed by atoms with E-state index < -0.39 is 0 Å². The maximum absolute atomic E-state index is 6.09. The summed E-state index contributed by atoms with van der Waals surface area (Å²) in [5, 5.41) is 5.50. The first-order valence-electron chi connectivity index (χ1n) is 7.69. The van der Waals surface area contributed by atoms with Gasteiger partial charge in [0.2, 0.25) is 0 Å². The van der Waals surface area contributed by atoms with E-state index in [1.165, 1.54) is 23.9 Å². The number of rotatable bonds is 4. The monoisotopic (exact) mass is 303 g/mol. The average molecular weight is 304 g/mol. The van der Waals surface area contributed by atoms with Crippen molar-refractivity contribution in [2.45, 2.75) is 38.8 Å². The van der Waals surface area contributed by atoms with Gasteiger partial charge in [0.1, 0.15) is 0 Å². The van der Waals surface area contributed by atoms with Crippen LogP contribution in [0.15, 0.2) is 30.5 Å². The van der Waals surface area contributed by atoms with E-state index >= 15 is 0 Å². The van der Waals surface area contributed by atoms with Gasteiger partial charge in [-0.2, -0.15) is 0 Å². The van der Waals surface area contributed by atoms with Gasteiger partial charge in [0.25, 0.3) is 0 Å². The topological polar surface area (TPSA) is 28.2 Å². The fraction of sp³-hybridized carbons (Fsp3) is 0.471. The SMILES string of the molecule is CC(C)N(CC1CCCN1)c1ccnc2cc(Cl)ccc12. The van der Waals surface area contributed by atoms with E-state index in [0.717, 1.165) is 23.6 Å². The molecule has 21 heavy (non-hydrogen) atoms. The lowest BCUT2D eigenvalue weighted by Crippen LogP contribution is -2.41. The summed E-state index contributed by atoms with van der Waals surface area (Å²) in [5.74, 6) is 0. The van der Waals surface area contributed by atoms with E-state index in [1.54, 1.807) is 0 Å². The molecule has 0 bridgehead atoms. The minimum absolute atomic E-state index is 0.452. The summed E-state index contributed by atoms with van der Waals surface area (Å²) in [6.45, 7) is 6.68. The number of anilines is 1. The molecule has 0 radical (unpaired) electrons. The van der Waals surface area contributed by atoms with Gasteiger partial charge < -0.3 is 10.2 Å². The Kier molecular flexibility index (Phi) is 4.32. The number of nitrogens with zero attached hydrogens (tertiary/aromatic N) is 2. The molecule has 1 aromatic heterocycles. The molecule has 0 spiro atoms. The normalized spacial score (nSPS) is 18.6. The number of aromatic nitrogens is 1. The van der Waals surface area contributed by atoms with Crippen LogP contribution in [0.1, 0.15) is 26.7 Å². The molecular weight excluding hydrogens is 282 g/mol. The molecule has 1 saturated heterocycles. The third-order valence-electron chi connectivity index (χ3n) is 4.19. The minimum atomic E-state index is 0.452. The molecule has 4 heteroatoms. The highest BCUT2D eigenvalue weighted by Gasteiger charge is 2.21. The highest BCUT2D eigenvalue weighted by molar-refractivity contribution is 6.31. The minimum Gasteiger partial charge on any atom is -0.367 e. The Labute approximate surface area is 131 Å². The van der Waals surface area contributed by atoms with Gasteiger partial charge in [0.15, 0.2) is 0 Å². The smallest absolute Gasteiger partial charge is 0.0737 e. The summed E-state index contributed by atoms with van der Waals surface area (Å²) >= 11 is 6.09. The Morgan fingerprint density at radius 3 is 2.95 bits per heavy atom. The van der Waals surface area contributed by atoms with Crippen molar-refractivity contribution in [2.75, 3.05) is 18.0 Å². The van der Waals surface area contributed by atoms with Crippen molar-refractivity contribution in [3.05, 3.63) is 35.5 Å². The van der Waals surface area contributed by atoms with Crippen LogP contribution in [0.5, 0.6) is 0 Å². The predicted octanol–water partition coefficient (Wildman–Crippen LogP) is 3.86. The summed E-state index contributed by atoms with van der Waals surface area (Å²) < 4.78 is 0. The Hall–Kier alpha value is -1.32. The Bertz CT molecular complexity index is 620. The van der Waals surface area contributed by atoms with Crippen LogP contribution in [0.25, 0.3) is 10.9 Å². The second-order valence-corrected chi connectivity index (χ2v) is 6.47. The Morgan fingerprint density at radius 1 is 1.38 bits per heavy atom. The molecule has 0 saturated carbocycles. The van der Waals surface area contributed by atoms with Crippen LogP contribution in [0, 0.1) is 0 Å². The Morgan fingerprint density at radius 2 is 2.24 bits per heavy atom. The molecule has 3 nitrogen and oxygen atoms in total. The quantitative estimate of drug-likeness (QED) is 0.930. The summed E-state index contributed by atoms with van der Waals surface area (Å²) in [6.07, 6.45) is 4.42. The highest BCUT2D eigenvalue weighted by atomic mass is 35.5. The summed E-state index contributed by atoms with van der Waals surface area (Å²) in [4.78, 5) is 6.92. The number of benzene rings is 1. The van der Waals surface area contributed by atoms with E-state index in [1.807, 2.05) is 18.3 Å². The van der Waals surface area contributed by atoms with Gasteiger partial charge in [-0.15, -0.1) is 0 Å². The lowest BCUT2D eigenvalue weighted by Gasteiger charge is -2.32. The summed E-state index contributed by atoms with van der Waals surface area (Å²) in [6, 6.07) is 9.12. The largest absolute Gasteiger partial charge is 0.367 e. The molecule has 112 valence electrons. The molecule has 1 unspecified atom stereocenters. The van der Waals surface area contributed by atoms with E-state index in [4.69, 9.17) is 11.6 Å². The molecule has 1 aliphatic heterocycles. The zero-order valence-electron chi connectivity index (χ0n) is 12.6. The second kappa shape index (κ2) is 6.20. The van der Waals surface area contributed by atoms with Crippen LogP contribution in [0.2, 0.25) is 5.02 Å². The van der Waals surface area contributed by atoms with Crippen molar-refractivity contribution in [3.63, 3.8) is 0 Å². The lowest BCUT2D eigenvalue weighted by molar-refractivity contribution is 0.554. The third kappa shape index (κ3) is 3.14. The van der Waals surface area contributed by atoms with Gasteiger partial charge in [-0.05, 0) is 57.5 Å². The maximum Gasteiger partial charge on any atom is 0.0737 e. The third-order valence-corrected chi connectivity index (χ3v) is 4.43. The molecule has 1 atom stereocenters. The molecule has 1 fully saturated rings. The number of hydrogen-bond donors (Lipinski definition) is 1. The van der Waals surface area contributed by atoms with Crippen LogP contribution < -0.4 is 10.2 Å². The molecule has 1 aliphatic rings. The van der Waals surface area contributed by atoms with Crippen molar-refractivity contribution in [1.29, 1.82) is 0 Å². The van der Waals surface area contributed by atoms with Crippen LogP contribution in [0.3, 0.4) is 0 Å². The van der Waals surface area contributed by atoms with Crippen molar-refractivity contribution < 1.29 is 0 Å². The van der Waals surface area contributed by atoms with Crippen LogP contribution in [-0.2, 0) is 0 Å². The standard InChI is InChI=1S/C17H22ClN3/c1-12(2)21(11-14-4-3-8-19-14)17-7-9-20-16-10-13(18)5-6-15(16)17/h5-7,9-10,12,14,19H,3-4,8,11H2,1-2H3. The van der Waals surface area contributed by atoms with E-state index in [2.05, 4.69) is 41.2 Å².